The Morgan fingerprint density at radius 2 is 1.88 bits per heavy atom. The van der Waals surface area contributed by atoms with Crippen LogP contribution in [0, 0.1) is 5.41 Å². The molecule has 1 amide bonds. The quantitative estimate of drug-likeness (QED) is 0.440. The predicted octanol–water partition coefficient (Wildman–Crippen LogP) is 0.727. The summed E-state index contributed by atoms with van der Waals surface area (Å²) in [5, 5.41) is 2.40. The van der Waals surface area contributed by atoms with E-state index in [-0.39, 0.29) is 11.5 Å². The van der Waals surface area contributed by atoms with Crippen molar-refractivity contribution in [3.8, 4) is 0 Å². The fourth-order valence-corrected chi connectivity index (χ4v) is 0.730. The molecule has 0 aliphatic heterocycles. The number of ether oxygens (including phenoxy) is 2. The van der Waals surface area contributed by atoms with Crippen LogP contribution < -0.4 is 5.32 Å². The lowest BCUT2D eigenvalue weighted by Crippen LogP contribution is -2.38. The number of hydrogen-bond donors (Lipinski definition) is 1. The largest absolute Gasteiger partial charge is 0.455 e. The molecule has 16 heavy (non-hydrogen) atoms. The molecule has 0 aromatic rings. The molecule has 0 aromatic carbocycles. The van der Waals surface area contributed by atoms with Gasteiger partial charge in [-0.1, -0.05) is 20.8 Å². The Bertz CT molecular complexity index is 245. The molecule has 0 saturated heterocycles. The Hall–Kier alpha value is -1.10. The summed E-state index contributed by atoms with van der Waals surface area (Å²) in [5.41, 5.74) is -0.178. The normalized spacial score (nSPS) is 13.1. The standard InChI is InChI=1S/C11H21NO4/c1-8(11(2,3)4)16-10(14)9(13)12-6-7-15-5/h8H,6-7H2,1-5H3,(H,12,13)/t8-/m1/s1. The second-order valence-electron chi connectivity index (χ2n) is 4.66. The Kier molecular flexibility index (Phi) is 6.03. The minimum absolute atomic E-state index is 0.178. The minimum atomic E-state index is -0.849. The zero-order chi connectivity index (χ0) is 12.8. The third kappa shape index (κ3) is 5.70. The summed E-state index contributed by atoms with van der Waals surface area (Å²) in [6, 6.07) is 0. The molecule has 0 aliphatic rings. The summed E-state index contributed by atoms with van der Waals surface area (Å²) < 4.78 is 9.76. The zero-order valence-electron chi connectivity index (χ0n) is 10.6. The molecular formula is C11H21NO4. The Morgan fingerprint density at radius 3 is 2.31 bits per heavy atom. The molecule has 0 unspecified atom stereocenters. The van der Waals surface area contributed by atoms with Crippen molar-refractivity contribution < 1.29 is 19.1 Å². The number of rotatable bonds is 4. The average molecular weight is 231 g/mol. The Balaban J connectivity index is 4.01. The van der Waals surface area contributed by atoms with Crippen LogP contribution in [0.3, 0.4) is 0 Å². The van der Waals surface area contributed by atoms with Crippen molar-refractivity contribution in [3.05, 3.63) is 0 Å². The predicted molar refractivity (Wildman–Crippen MR) is 59.9 cm³/mol. The molecule has 0 spiro atoms. The molecule has 0 aliphatic carbocycles. The first kappa shape index (κ1) is 14.9. The van der Waals surface area contributed by atoms with E-state index in [4.69, 9.17) is 9.47 Å². The Labute approximate surface area is 96.5 Å². The van der Waals surface area contributed by atoms with Gasteiger partial charge in [0, 0.05) is 13.7 Å². The number of nitrogens with one attached hydrogen (secondary N) is 1. The van der Waals surface area contributed by atoms with Gasteiger partial charge in [0.15, 0.2) is 0 Å². The van der Waals surface area contributed by atoms with Gasteiger partial charge >= 0.3 is 11.9 Å². The van der Waals surface area contributed by atoms with Gasteiger partial charge in [-0.3, -0.25) is 4.79 Å². The molecular weight excluding hydrogens is 210 g/mol. The molecule has 0 rings (SSSR count). The summed E-state index contributed by atoms with van der Waals surface area (Å²) in [4.78, 5) is 22.6. The molecule has 0 radical (unpaired) electrons. The smallest absolute Gasteiger partial charge is 0.397 e. The first-order valence-corrected chi connectivity index (χ1v) is 5.26. The van der Waals surface area contributed by atoms with Gasteiger partial charge in [-0.2, -0.15) is 0 Å². The number of carbonyl (C=O) groups is 2. The number of amides is 1. The fraction of sp³-hybridized carbons (Fsp3) is 0.818. The maximum Gasteiger partial charge on any atom is 0.397 e. The van der Waals surface area contributed by atoms with Gasteiger partial charge in [0.05, 0.1) is 6.61 Å². The van der Waals surface area contributed by atoms with Crippen LogP contribution in [0.15, 0.2) is 0 Å². The van der Waals surface area contributed by atoms with Gasteiger partial charge in [0.1, 0.15) is 6.10 Å². The van der Waals surface area contributed by atoms with Crippen LogP contribution in [0.1, 0.15) is 27.7 Å². The van der Waals surface area contributed by atoms with Crippen molar-refractivity contribution in [1.29, 1.82) is 0 Å². The van der Waals surface area contributed by atoms with E-state index in [9.17, 15) is 9.59 Å². The van der Waals surface area contributed by atoms with Crippen molar-refractivity contribution in [3.63, 3.8) is 0 Å². The lowest BCUT2D eigenvalue weighted by Gasteiger charge is -2.26. The molecule has 0 heterocycles. The highest BCUT2D eigenvalue weighted by molar-refractivity contribution is 6.32. The summed E-state index contributed by atoms with van der Waals surface area (Å²) in [6.45, 7) is 8.25. The molecule has 94 valence electrons. The van der Waals surface area contributed by atoms with Crippen molar-refractivity contribution in [2.24, 2.45) is 5.41 Å². The first-order valence-electron chi connectivity index (χ1n) is 5.26. The van der Waals surface area contributed by atoms with E-state index in [1.54, 1.807) is 6.92 Å². The molecule has 0 saturated carbocycles. The average Bonchev–Trinajstić information content (AvgIpc) is 2.16. The van der Waals surface area contributed by atoms with E-state index in [0.717, 1.165) is 0 Å². The topological polar surface area (TPSA) is 64.6 Å². The SMILES string of the molecule is COCCNC(=O)C(=O)O[C@H](C)C(C)(C)C. The van der Waals surface area contributed by atoms with Crippen LogP contribution in [0.4, 0.5) is 0 Å². The van der Waals surface area contributed by atoms with Gasteiger partial charge < -0.3 is 14.8 Å². The monoisotopic (exact) mass is 231 g/mol. The van der Waals surface area contributed by atoms with Crippen molar-refractivity contribution in [2.75, 3.05) is 20.3 Å². The van der Waals surface area contributed by atoms with Crippen LogP contribution in [0.25, 0.3) is 0 Å². The number of methoxy groups -OCH3 is 1. The zero-order valence-corrected chi connectivity index (χ0v) is 10.6. The lowest BCUT2D eigenvalue weighted by molar-refractivity contribution is -0.162. The van der Waals surface area contributed by atoms with E-state index < -0.39 is 11.9 Å². The third-order valence-corrected chi connectivity index (χ3v) is 2.28. The maximum atomic E-state index is 11.3. The van der Waals surface area contributed by atoms with Crippen molar-refractivity contribution >= 4 is 11.9 Å². The van der Waals surface area contributed by atoms with Crippen molar-refractivity contribution in [2.45, 2.75) is 33.8 Å². The van der Waals surface area contributed by atoms with E-state index >= 15 is 0 Å². The van der Waals surface area contributed by atoms with Crippen LogP contribution >= 0.6 is 0 Å². The van der Waals surface area contributed by atoms with Crippen molar-refractivity contribution in [1.82, 2.24) is 5.32 Å². The Morgan fingerprint density at radius 1 is 1.31 bits per heavy atom. The van der Waals surface area contributed by atoms with Gasteiger partial charge in [-0.15, -0.1) is 0 Å². The van der Waals surface area contributed by atoms with Gasteiger partial charge in [-0.25, -0.2) is 4.79 Å². The van der Waals surface area contributed by atoms with Crippen LogP contribution in [-0.4, -0.2) is 38.2 Å². The summed E-state index contributed by atoms with van der Waals surface area (Å²) in [7, 11) is 1.52. The maximum absolute atomic E-state index is 11.3. The fourth-order valence-electron chi connectivity index (χ4n) is 0.730. The molecule has 1 atom stereocenters. The second-order valence-corrected chi connectivity index (χ2v) is 4.66. The van der Waals surface area contributed by atoms with E-state index in [0.29, 0.717) is 13.2 Å². The van der Waals surface area contributed by atoms with Gasteiger partial charge in [0.2, 0.25) is 0 Å². The van der Waals surface area contributed by atoms with E-state index in [2.05, 4.69) is 5.32 Å². The molecule has 0 bridgehead atoms. The van der Waals surface area contributed by atoms with E-state index in [1.165, 1.54) is 7.11 Å². The summed E-state index contributed by atoms with van der Waals surface area (Å²) in [5.74, 6) is -1.58. The molecule has 0 aromatic heterocycles. The number of carbonyl (C=O) groups excluding carboxylic acids is 2. The van der Waals surface area contributed by atoms with Gasteiger partial charge in [-0.05, 0) is 12.3 Å². The summed E-state index contributed by atoms with van der Waals surface area (Å²) >= 11 is 0. The molecule has 1 N–H and O–H groups in total. The molecule has 5 heteroatoms. The molecule has 0 fully saturated rings. The summed E-state index contributed by atoms with van der Waals surface area (Å²) in [6.07, 6.45) is -0.312. The van der Waals surface area contributed by atoms with E-state index in [1.807, 2.05) is 20.8 Å². The highest BCUT2D eigenvalue weighted by atomic mass is 16.5. The first-order chi connectivity index (χ1) is 7.29. The second kappa shape index (κ2) is 6.48. The highest BCUT2D eigenvalue weighted by Crippen LogP contribution is 2.21. The highest BCUT2D eigenvalue weighted by Gasteiger charge is 2.26. The minimum Gasteiger partial charge on any atom is -0.455 e. The number of hydrogen-bond acceptors (Lipinski definition) is 4. The lowest BCUT2D eigenvalue weighted by atomic mass is 9.90. The van der Waals surface area contributed by atoms with Crippen LogP contribution in [0.2, 0.25) is 0 Å². The van der Waals surface area contributed by atoms with Gasteiger partial charge in [0.25, 0.3) is 0 Å². The van der Waals surface area contributed by atoms with Crippen LogP contribution in [-0.2, 0) is 19.1 Å². The molecule has 5 nitrogen and oxygen atoms in total. The number of esters is 1. The third-order valence-electron chi connectivity index (χ3n) is 2.28. The van der Waals surface area contributed by atoms with Crippen LogP contribution in [0.5, 0.6) is 0 Å².